The Labute approximate surface area is 107 Å². The van der Waals surface area contributed by atoms with E-state index in [4.69, 9.17) is 9.26 Å². The molecule has 1 aliphatic rings. The summed E-state index contributed by atoms with van der Waals surface area (Å²) in [7, 11) is 0. The van der Waals surface area contributed by atoms with Crippen LogP contribution in [0.3, 0.4) is 0 Å². The molecular weight excluding hydrogens is 232 g/mol. The zero-order valence-corrected chi connectivity index (χ0v) is 11.0. The van der Waals surface area contributed by atoms with Crippen molar-refractivity contribution in [2.75, 3.05) is 13.2 Å². The van der Waals surface area contributed by atoms with Crippen LogP contribution in [0.5, 0.6) is 0 Å². The lowest BCUT2D eigenvalue weighted by Gasteiger charge is -2.34. The Balaban J connectivity index is 1.93. The van der Waals surface area contributed by atoms with E-state index in [0.29, 0.717) is 26.0 Å². The predicted octanol–water partition coefficient (Wildman–Crippen LogP) is 1.90. The number of ether oxygens (including phenoxy) is 1. The van der Waals surface area contributed by atoms with Crippen LogP contribution in [0.1, 0.15) is 37.6 Å². The molecule has 2 rings (SSSR count). The van der Waals surface area contributed by atoms with Crippen LogP contribution in [0, 0.1) is 6.92 Å². The normalized spacial score (nSPS) is 20.4. The Hall–Kier alpha value is -1.36. The minimum Gasteiger partial charge on any atom is -0.361 e. The first kappa shape index (κ1) is 13.1. The fourth-order valence-electron chi connectivity index (χ4n) is 2.29. The number of hydrogen-bond donors (Lipinski definition) is 0. The van der Waals surface area contributed by atoms with Gasteiger partial charge in [0.2, 0.25) is 5.91 Å². The molecule has 1 saturated heterocycles. The van der Waals surface area contributed by atoms with E-state index in [2.05, 4.69) is 5.16 Å². The molecule has 0 spiro atoms. The number of nitrogens with zero attached hydrogens (tertiary/aromatic N) is 2. The molecular formula is C13H20N2O3. The zero-order valence-electron chi connectivity index (χ0n) is 11.0. The van der Waals surface area contributed by atoms with E-state index in [1.165, 1.54) is 0 Å². The number of carbonyl (C=O) groups is 1. The molecule has 1 aromatic rings. The summed E-state index contributed by atoms with van der Waals surface area (Å²) in [6.07, 6.45) is 3.09. The van der Waals surface area contributed by atoms with Gasteiger partial charge in [-0.3, -0.25) is 4.79 Å². The van der Waals surface area contributed by atoms with Crippen molar-refractivity contribution in [1.29, 1.82) is 0 Å². The molecule has 18 heavy (non-hydrogen) atoms. The van der Waals surface area contributed by atoms with Crippen molar-refractivity contribution >= 4 is 5.91 Å². The van der Waals surface area contributed by atoms with Gasteiger partial charge in [-0.15, -0.1) is 0 Å². The van der Waals surface area contributed by atoms with E-state index in [0.717, 1.165) is 24.3 Å². The van der Waals surface area contributed by atoms with Crippen LogP contribution in [-0.2, 0) is 16.0 Å². The quantitative estimate of drug-likeness (QED) is 0.803. The van der Waals surface area contributed by atoms with Gasteiger partial charge in [-0.05, 0) is 26.7 Å². The number of aromatic nitrogens is 1. The van der Waals surface area contributed by atoms with E-state index in [-0.39, 0.29) is 12.1 Å². The van der Waals surface area contributed by atoms with Crippen molar-refractivity contribution in [3.8, 4) is 0 Å². The SMILES string of the molecule is CCO[C@H]1CCCC(=O)N1CCc1cc(C)no1. The number of likely N-dealkylation sites (tertiary alicyclic amines) is 1. The lowest BCUT2D eigenvalue weighted by molar-refractivity contribution is -0.152. The Morgan fingerprint density at radius 3 is 3.11 bits per heavy atom. The fourth-order valence-corrected chi connectivity index (χ4v) is 2.29. The van der Waals surface area contributed by atoms with Crippen molar-refractivity contribution in [3.63, 3.8) is 0 Å². The summed E-state index contributed by atoms with van der Waals surface area (Å²) in [6, 6.07) is 1.91. The number of piperidine rings is 1. The van der Waals surface area contributed by atoms with Crippen LogP contribution in [0.25, 0.3) is 0 Å². The van der Waals surface area contributed by atoms with Crippen LogP contribution >= 0.6 is 0 Å². The highest BCUT2D eigenvalue weighted by Crippen LogP contribution is 2.19. The molecule has 1 fully saturated rings. The van der Waals surface area contributed by atoms with Gasteiger partial charge in [0.25, 0.3) is 0 Å². The lowest BCUT2D eigenvalue weighted by atomic mass is 10.1. The number of aryl methyl sites for hydroxylation is 1. The summed E-state index contributed by atoms with van der Waals surface area (Å²) in [4.78, 5) is 13.7. The van der Waals surface area contributed by atoms with E-state index >= 15 is 0 Å². The Morgan fingerprint density at radius 2 is 2.44 bits per heavy atom. The summed E-state index contributed by atoms with van der Waals surface area (Å²) in [5.74, 6) is 0.997. The second kappa shape index (κ2) is 6.00. The largest absolute Gasteiger partial charge is 0.361 e. The smallest absolute Gasteiger partial charge is 0.224 e. The molecule has 0 radical (unpaired) electrons. The molecule has 0 aromatic carbocycles. The van der Waals surface area contributed by atoms with Gasteiger partial charge in [0.05, 0.1) is 5.69 Å². The highest BCUT2D eigenvalue weighted by molar-refractivity contribution is 5.77. The molecule has 0 aliphatic carbocycles. The summed E-state index contributed by atoms with van der Waals surface area (Å²) in [5.41, 5.74) is 0.872. The van der Waals surface area contributed by atoms with Gasteiger partial charge in [0, 0.05) is 32.1 Å². The highest BCUT2D eigenvalue weighted by Gasteiger charge is 2.28. The molecule has 0 bridgehead atoms. The number of amides is 1. The second-order valence-corrected chi connectivity index (χ2v) is 4.57. The van der Waals surface area contributed by atoms with Crippen molar-refractivity contribution < 1.29 is 14.1 Å². The third-order valence-electron chi connectivity index (χ3n) is 3.14. The molecule has 5 nitrogen and oxygen atoms in total. The van der Waals surface area contributed by atoms with Gasteiger partial charge in [0.1, 0.15) is 12.0 Å². The molecule has 1 atom stereocenters. The number of carbonyl (C=O) groups excluding carboxylic acids is 1. The molecule has 5 heteroatoms. The Bertz CT molecular complexity index is 401. The minimum atomic E-state index is -0.0692. The van der Waals surface area contributed by atoms with Crippen molar-refractivity contribution in [2.45, 2.75) is 45.8 Å². The maximum absolute atomic E-state index is 11.9. The second-order valence-electron chi connectivity index (χ2n) is 4.57. The molecule has 1 aromatic heterocycles. The Kier molecular flexibility index (Phi) is 4.36. The molecule has 1 aliphatic heterocycles. The summed E-state index contributed by atoms with van der Waals surface area (Å²) >= 11 is 0. The van der Waals surface area contributed by atoms with Crippen molar-refractivity contribution in [1.82, 2.24) is 10.1 Å². The van der Waals surface area contributed by atoms with Gasteiger partial charge in [-0.2, -0.15) is 0 Å². The van der Waals surface area contributed by atoms with Crippen molar-refractivity contribution in [3.05, 3.63) is 17.5 Å². The van der Waals surface area contributed by atoms with Crippen LogP contribution in [0.4, 0.5) is 0 Å². The van der Waals surface area contributed by atoms with E-state index in [1.54, 1.807) is 0 Å². The van der Waals surface area contributed by atoms with E-state index in [1.807, 2.05) is 24.8 Å². The third kappa shape index (κ3) is 3.10. The molecule has 0 saturated carbocycles. The van der Waals surface area contributed by atoms with Crippen LogP contribution in [0.15, 0.2) is 10.6 Å². The van der Waals surface area contributed by atoms with Gasteiger partial charge in [-0.25, -0.2) is 0 Å². The molecule has 0 N–H and O–H groups in total. The first-order valence-corrected chi connectivity index (χ1v) is 6.54. The summed E-state index contributed by atoms with van der Waals surface area (Å²) < 4.78 is 10.8. The first-order chi connectivity index (χ1) is 8.70. The number of hydrogen-bond acceptors (Lipinski definition) is 4. The van der Waals surface area contributed by atoms with Crippen molar-refractivity contribution in [2.24, 2.45) is 0 Å². The van der Waals surface area contributed by atoms with Crippen LogP contribution < -0.4 is 0 Å². The molecule has 1 amide bonds. The lowest BCUT2D eigenvalue weighted by Crippen LogP contribution is -2.46. The van der Waals surface area contributed by atoms with Gasteiger partial charge in [-0.1, -0.05) is 5.16 Å². The van der Waals surface area contributed by atoms with Gasteiger partial charge >= 0.3 is 0 Å². The fraction of sp³-hybridized carbons (Fsp3) is 0.692. The maximum Gasteiger partial charge on any atom is 0.224 e. The molecule has 2 heterocycles. The Morgan fingerprint density at radius 1 is 1.61 bits per heavy atom. The average Bonchev–Trinajstić information content (AvgIpc) is 2.75. The zero-order chi connectivity index (χ0) is 13.0. The maximum atomic E-state index is 11.9. The number of rotatable bonds is 5. The molecule has 100 valence electrons. The van der Waals surface area contributed by atoms with Gasteiger partial charge in [0.15, 0.2) is 0 Å². The molecule has 0 unspecified atom stereocenters. The average molecular weight is 252 g/mol. The highest BCUT2D eigenvalue weighted by atomic mass is 16.5. The summed E-state index contributed by atoms with van der Waals surface area (Å²) in [6.45, 7) is 5.12. The summed E-state index contributed by atoms with van der Waals surface area (Å²) in [5, 5.41) is 3.85. The van der Waals surface area contributed by atoms with Crippen LogP contribution in [0.2, 0.25) is 0 Å². The predicted molar refractivity (Wildman–Crippen MR) is 65.9 cm³/mol. The first-order valence-electron chi connectivity index (χ1n) is 6.54. The monoisotopic (exact) mass is 252 g/mol. The van der Waals surface area contributed by atoms with Crippen LogP contribution in [-0.4, -0.2) is 35.3 Å². The van der Waals surface area contributed by atoms with E-state index < -0.39 is 0 Å². The van der Waals surface area contributed by atoms with Gasteiger partial charge < -0.3 is 14.2 Å². The third-order valence-corrected chi connectivity index (χ3v) is 3.14. The topological polar surface area (TPSA) is 55.6 Å². The standard InChI is InChI=1S/C13H20N2O3/c1-3-17-13-6-4-5-12(16)15(13)8-7-11-9-10(2)14-18-11/h9,13H,3-8H2,1-2H3/t13-/m0/s1. The minimum absolute atomic E-state index is 0.0692. The van der Waals surface area contributed by atoms with E-state index in [9.17, 15) is 4.79 Å².